The van der Waals surface area contributed by atoms with Crippen molar-refractivity contribution in [3.05, 3.63) is 114 Å². The Balaban J connectivity index is 1.41. The first kappa shape index (κ1) is 24.5. The predicted molar refractivity (Wildman–Crippen MR) is 147 cm³/mol. The summed E-state index contributed by atoms with van der Waals surface area (Å²) in [7, 11) is 0. The fraction of sp³-hybridized carbons (Fsp3) is 0.0645. The molecule has 1 amide bonds. The summed E-state index contributed by atoms with van der Waals surface area (Å²) in [6.07, 6.45) is 1.43. The van der Waals surface area contributed by atoms with Gasteiger partial charge < -0.3 is 14.6 Å². The molecule has 0 aliphatic rings. The Hall–Kier alpha value is -5.17. The number of phenols is 1. The van der Waals surface area contributed by atoms with Crippen molar-refractivity contribution in [2.75, 3.05) is 6.61 Å². The Kier molecular flexibility index (Phi) is 6.99. The van der Waals surface area contributed by atoms with Gasteiger partial charge in [0.2, 0.25) is 0 Å². The van der Waals surface area contributed by atoms with Crippen molar-refractivity contribution in [3.63, 3.8) is 0 Å². The van der Waals surface area contributed by atoms with Gasteiger partial charge in [-0.25, -0.2) is 10.2 Å². The van der Waals surface area contributed by atoms with Gasteiger partial charge in [-0.3, -0.25) is 4.79 Å². The fourth-order valence-corrected chi connectivity index (χ4v) is 4.14. The fourth-order valence-electron chi connectivity index (χ4n) is 4.14. The van der Waals surface area contributed by atoms with Crippen molar-refractivity contribution in [2.24, 2.45) is 5.10 Å². The van der Waals surface area contributed by atoms with E-state index in [0.29, 0.717) is 23.5 Å². The first-order valence-corrected chi connectivity index (χ1v) is 12.1. The maximum atomic E-state index is 12.9. The molecule has 0 aromatic heterocycles. The minimum atomic E-state index is -0.572. The Bertz CT molecular complexity index is 1680. The third-order valence-corrected chi connectivity index (χ3v) is 6.00. The van der Waals surface area contributed by atoms with Crippen molar-refractivity contribution in [2.45, 2.75) is 6.92 Å². The number of amides is 1. The summed E-state index contributed by atoms with van der Waals surface area (Å²) >= 11 is 0. The van der Waals surface area contributed by atoms with Crippen molar-refractivity contribution in [3.8, 4) is 17.2 Å². The zero-order chi connectivity index (χ0) is 26.5. The number of phenolic OH excluding ortho intramolecular Hbond substituents is 1. The van der Waals surface area contributed by atoms with Crippen molar-refractivity contribution in [1.29, 1.82) is 0 Å². The van der Waals surface area contributed by atoms with Crippen LogP contribution < -0.4 is 14.9 Å². The molecule has 5 aromatic rings. The van der Waals surface area contributed by atoms with E-state index in [4.69, 9.17) is 9.47 Å². The molecule has 0 heterocycles. The summed E-state index contributed by atoms with van der Waals surface area (Å²) in [5.74, 6) is -0.308. The highest BCUT2D eigenvalue weighted by atomic mass is 16.5. The number of nitrogens with one attached hydrogen (secondary N) is 1. The van der Waals surface area contributed by atoms with Gasteiger partial charge >= 0.3 is 5.97 Å². The minimum Gasteiger partial charge on any atom is -0.507 e. The van der Waals surface area contributed by atoms with Gasteiger partial charge in [0, 0.05) is 5.56 Å². The number of hydrazone groups is 1. The van der Waals surface area contributed by atoms with Crippen molar-refractivity contribution >= 4 is 39.6 Å². The molecule has 2 N–H and O–H groups in total. The second kappa shape index (κ2) is 10.8. The molecule has 5 aromatic carbocycles. The van der Waals surface area contributed by atoms with Gasteiger partial charge in [-0.05, 0) is 70.9 Å². The van der Waals surface area contributed by atoms with E-state index in [-0.39, 0.29) is 17.1 Å². The number of aromatic hydroxyl groups is 1. The summed E-state index contributed by atoms with van der Waals surface area (Å²) in [5, 5.41) is 17.8. The van der Waals surface area contributed by atoms with Crippen LogP contribution in [0.25, 0.3) is 21.5 Å². The van der Waals surface area contributed by atoms with E-state index in [1.165, 1.54) is 12.3 Å². The molecule has 0 aliphatic carbocycles. The average molecular weight is 505 g/mol. The lowest BCUT2D eigenvalue weighted by Gasteiger charge is -2.11. The molecular weight excluding hydrogens is 480 g/mol. The molecule has 0 radical (unpaired) electrons. The van der Waals surface area contributed by atoms with Crippen LogP contribution in [0.3, 0.4) is 0 Å². The highest BCUT2D eigenvalue weighted by Gasteiger charge is 2.15. The van der Waals surface area contributed by atoms with Crippen LogP contribution in [0.15, 0.2) is 102 Å². The topological polar surface area (TPSA) is 97.2 Å². The largest absolute Gasteiger partial charge is 0.507 e. The number of carbonyl (C=O) groups is 2. The number of carbonyl (C=O) groups excluding carboxylic acids is 2. The first-order chi connectivity index (χ1) is 18.5. The molecule has 188 valence electrons. The van der Waals surface area contributed by atoms with Gasteiger partial charge in [0.15, 0.2) is 0 Å². The number of nitrogens with zero attached hydrogens (tertiary/aromatic N) is 1. The molecule has 7 nitrogen and oxygen atoms in total. The van der Waals surface area contributed by atoms with E-state index in [1.807, 2.05) is 61.5 Å². The molecule has 5 rings (SSSR count). The van der Waals surface area contributed by atoms with E-state index >= 15 is 0 Å². The SMILES string of the molecule is CCOc1ccc(C(=O)Oc2ccc3ccccc3c2/C=N\NC(=O)c2cc3ccccc3cc2O)cc1. The zero-order valence-electron chi connectivity index (χ0n) is 20.5. The summed E-state index contributed by atoms with van der Waals surface area (Å²) in [4.78, 5) is 25.7. The highest BCUT2D eigenvalue weighted by Crippen LogP contribution is 2.28. The molecule has 0 spiro atoms. The van der Waals surface area contributed by atoms with Crippen LogP contribution in [0.2, 0.25) is 0 Å². The summed E-state index contributed by atoms with van der Waals surface area (Å²) < 4.78 is 11.2. The zero-order valence-corrected chi connectivity index (χ0v) is 20.5. The van der Waals surface area contributed by atoms with Gasteiger partial charge in [0.1, 0.15) is 17.2 Å². The number of rotatable bonds is 7. The van der Waals surface area contributed by atoms with E-state index in [1.54, 1.807) is 36.4 Å². The molecular formula is C31H24N2O5. The van der Waals surface area contributed by atoms with Crippen LogP contribution in [-0.2, 0) is 0 Å². The molecule has 38 heavy (non-hydrogen) atoms. The van der Waals surface area contributed by atoms with Gasteiger partial charge in [-0.1, -0.05) is 54.6 Å². The van der Waals surface area contributed by atoms with Crippen molar-refractivity contribution in [1.82, 2.24) is 5.43 Å². The molecule has 7 heteroatoms. The Morgan fingerprint density at radius 3 is 2.29 bits per heavy atom. The predicted octanol–water partition coefficient (Wildman–Crippen LogP) is 6.08. The minimum absolute atomic E-state index is 0.0981. The molecule has 0 aliphatic heterocycles. The van der Waals surface area contributed by atoms with Gasteiger partial charge in [-0.15, -0.1) is 0 Å². The summed E-state index contributed by atoms with van der Waals surface area (Å²) in [6.45, 7) is 2.42. The lowest BCUT2D eigenvalue weighted by molar-refractivity contribution is 0.0734. The van der Waals surface area contributed by atoms with Gasteiger partial charge in [0.05, 0.1) is 23.9 Å². The Labute approximate surface area is 218 Å². The number of benzene rings is 5. The lowest BCUT2D eigenvalue weighted by Crippen LogP contribution is -2.18. The highest BCUT2D eigenvalue weighted by molar-refractivity contribution is 6.05. The Morgan fingerprint density at radius 2 is 1.55 bits per heavy atom. The second-order valence-electron chi connectivity index (χ2n) is 8.46. The molecule has 0 saturated carbocycles. The third-order valence-electron chi connectivity index (χ3n) is 6.00. The van der Waals surface area contributed by atoms with Crippen LogP contribution in [0.1, 0.15) is 33.2 Å². The van der Waals surface area contributed by atoms with Crippen LogP contribution in [0.4, 0.5) is 0 Å². The Morgan fingerprint density at radius 1 is 0.868 bits per heavy atom. The monoisotopic (exact) mass is 504 g/mol. The van der Waals surface area contributed by atoms with E-state index in [2.05, 4.69) is 10.5 Å². The third kappa shape index (κ3) is 5.17. The van der Waals surface area contributed by atoms with Crippen LogP contribution in [0.5, 0.6) is 17.2 Å². The lowest BCUT2D eigenvalue weighted by atomic mass is 10.0. The summed E-state index contributed by atoms with van der Waals surface area (Å²) in [5.41, 5.74) is 3.45. The van der Waals surface area contributed by atoms with Crippen molar-refractivity contribution < 1.29 is 24.2 Å². The van der Waals surface area contributed by atoms with E-state index < -0.39 is 11.9 Å². The maximum Gasteiger partial charge on any atom is 0.343 e. The van der Waals surface area contributed by atoms with Crippen LogP contribution in [0, 0.1) is 0 Å². The quantitative estimate of drug-likeness (QED) is 0.121. The molecule has 0 saturated heterocycles. The number of ether oxygens (including phenoxy) is 2. The maximum absolute atomic E-state index is 12.9. The van der Waals surface area contributed by atoms with E-state index in [0.717, 1.165) is 21.5 Å². The first-order valence-electron chi connectivity index (χ1n) is 12.1. The number of esters is 1. The smallest absolute Gasteiger partial charge is 0.343 e. The molecule has 0 bridgehead atoms. The van der Waals surface area contributed by atoms with Gasteiger partial charge in [0.25, 0.3) is 5.91 Å². The molecule has 0 fully saturated rings. The summed E-state index contributed by atoms with van der Waals surface area (Å²) in [6, 6.07) is 28.4. The number of fused-ring (bicyclic) bond motifs is 2. The number of hydrogen-bond donors (Lipinski definition) is 2. The van der Waals surface area contributed by atoms with Gasteiger partial charge in [-0.2, -0.15) is 5.10 Å². The normalized spacial score (nSPS) is 11.1. The molecule has 0 unspecified atom stereocenters. The van der Waals surface area contributed by atoms with Crippen LogP contribution >= 0.6 is 0 Å². The second-order valence-corrected chi connectivity index (χ2v) is 8.46. The molecule has 0 atom stereocenters. The van der Waals surface area contributed by atoms with Crippen LogP contribution in [-0.4, -0.2) is 29.8 Å². The standard InChI is InChI=1S/C31H24N2O5/c1-2-37-24-14-11-21(12-15-24)31(36)38-29-16-13-20-7-5-6-10-25(20)27(29)19-32-33-30(35)26-17-22-8-3-4-9-23(22)18-28(26)34/h3-19,34H,2H2,1H3,(H,33,35)/b32-19-. The van der Waals surface area contributed by atoms with E-state index in [9.17, 15) is 14.7 Å². The number of hydrogen-bond acceptors (Lipinski definition) is 6. The average Bonchev–Trinajstić information content (AvgIpc) is 2.94.